The van der Waals surface area contributed by atoms with Gasteiger partial charge in [0.2, 0.25) is 5.91 Å². The first-order chi connectivity index (χ1) is 11.3. The van der Waals surface area contributed by atoms with Gasteiger partial charge in [0.1, 0.15) is 0 Å². The largest absolute Gasteiger partial charge is 0.378 e. The Hall–Kier alpha value is -1.56. The topological polar surface area (TPSA) is 26.8 Å². The summed E-state index contributed by atoms with van der Waals surface area (Å²) < 4.78 is 0.781. The van der Waals surface area contributed by atoms with Crippen molar-refractivity contribution in [2.24, 2.45) is 0 Å². The summed E-state index contributed by atoms with van der Waals surface area (Å²) in [6.45, 7) is 1.74. The Morgan fingerprint density at radius 3 is 2.21 bits per heavy atom. The minimum atomic E-state index is 0.108. The van der Waals surface area contributed by atoms with Crippen LogP contribution in [0.1, 0.15) is 10.4 Å². The van der Waals surface area contributed by atoms with Crippen molar-refractivity contribution in [3.8, 4) is 0 Å². The molecule has 24 heavy (non-hydrogen) atoms. The second-order valence-electron chi connectivity index (χ2n) is 6.19. The van der Waals surface area contributed by atoms with Gasteiger partial charge in [0.15, 0.2) is 0 Å². The summed E-state index contributed by atoms with van der Waals surface area (Å²) in [5.74, 6) is 0.108. The Labute approximate surface area is 153 Å². The fourth-order valence-electron chi connectivity index (χ4n) is 2.37. The van der Waals surface area contributed by atoms with Crippen molar-refractivity contribution in [3.05, 3.63) is 51.2 Å². The highest BCUT2D eigenvalue weighted by atomic mass is 35.5. The zero-order valence-electron chi connectivity index (χ0n) is 14.6. The summed E-state index contributed by atoms with van der Waals surface area (Å²) in [6.07, 6.45) is 0. The van der Waals surface area contributed by atoms with Crippen LogP contribution >= 0.6 is 22.9 Å². The maximum absolute atomic E-state index is 12.4. The lowest BCUT2D eigenvalue weighted by Gasteiger charge is -2.22. The van der Waals surface area contributed by atoms with E-state index >= 15 is 0 Å². The number of benzene rings is 1. The number of likely N-dealkylation sites (N-methyl/N-ethyl adjacent to an activating group) is 2. The van der Waals surface area contributed by atoms with E-state index in [-0.39, 0.29) is 5.91 Å². The Kier molecular flexibility index (Phi) is 6.66. The number of carbonyl (C=O) groups is 1. The lowest BCUT2D eigenvalue weighted by atomic mass is 10.2. The summed E-state index contributed by atoms with van der Waals surface area (Å²) in [4.78, 5) is 19.4. The molecule has 0 aliphatic carbocycles. The summed E-state index contributed by atoms with van der Waals surface area (Å²) >= 11 is 7.50. The average Bonchev–Trinajstić information content (AvgIpc) is 2.92. The van der Waals surface area contributed by atoms with E-state index in [0.717, 1.165) is 27.0 Å². The monoisotopic (exact) mass is 365 g/mol. The molecule has 0 N–H and O–H groups in total. The van der Waals surface area contributed by atoms with Gasteiger partial charge in [-0.3, -0.25) is 9.69 Å². The number of thiophene rings is 1. The molecule has 0 aliphatic rings. The van der Waals surface area contributed by atoms with Gasteiger partial charge in [-0.05, 0) is 36.9 Å². The molecular weight excluding hydrogens is 342 g/mol. The van der Waals surface area contributed by atoms with Crippen molar-refractivity contribution >= 4 is 34.5 Å². The lowest BCUT2D eigenvalue weighted by Crippen LogP contribution is -2.35. The first-order valence-electron chi connectivity index (χ1n) is 7.78. The molecule has 0 fully saturated rings. The number of nitrogens with zero attached hydrogens (tertiary/aromatic N) is 3. The van der Waals surface area contributed by atoms with Crippen LogP contribution in [0.4, 0.5) is 5.69 Å². The molecule has 130 valence electrons. The summed E-state index contributed by atoms with van der Waals surface area (Å²) in [5.41, 5.74) is 2.28. The third-order valence-corrected chi connectivity index (χ3v) is 4.97. The highest BCUT2D eigenvalue weighted by Gasteiger charge is 2.13. The zero-order valence-corrected chi connectivity index (χ0v) is 16.2. The molecule has 2 rings (SSSR count). The molecule has 1 heterocycles. The van der Waals surface area contributed by atoms with Crippen LogP contribution in [-0.2, 0) is 17.9 Å². The third kappa shape index (κ3) is 5.51. The number of hydrogen-bond acceptors (Lipinski definition) is 4. The van der Waals surface area contributed by atoms with Gasteiger partial charge in [0.25, 0.3) is 0 Å². The quantitative estimate of drug-likeness (QED) is 0.750. The van der Waals surface area contributed by atoms with Crippen LogP contribution in [0.15, 0.2) is 36.4 Å². The molecule has 1 amide bonds. The van der Waals surface area contributed by atoms with E-state index in [1.807, 2.05) is 45.2 Å². The molecule has 0 aliphatic heterocycles. The molecule has 0 saturated heterocycles. The molecule has 1 aromatic carbocycles. The van der Waals surface area contributed by atoms with E-state index in [9.17, 15) is 4.79 Å². The van der Waals surface area contributed by atoms with Gasteiger partial charge >= 0.3 is 0 Å². The smallest absolute Gasteiger partial charge is 0.236 e. The highest BCUT2D eigenvalue weighted by Crippen LogP contribution is 2.22. The van der Waals surface area contributed by atoms with Crippen LogP contribution in [0.2, 0.25) is 4.34 Å². The van der Waals surface area contributed by atoms with E-state index in [1.165, 1.54) is 0 Å². The average molecular weight is 366 g/mol. The van der Waals surface area contributed by atoms with Crippen LogP contribution < -0.4 is 4.90 Å². The molecule has 6 heteroatoms. The fourth-order valence-corrected chi connectivity index (χ4v) is 3.54. The van der Waals surface area contributed by atoms with Crippen LogP contribution in [0.3, 0.4) is 0 Å². The second kappa shape index (κ2) is 8.51. The van der Waals surface area contributed by atoms with Crippen LogP contribution in [-0.4, -0.2) is 50.4 Å². The van der Waals surface area contributed by atoms with Crippen molar-refractivity contribution in [2.45, 2.75) is 13.1 Å². The molecule has 0 radical (unpaired) electrons. The Bertz CT molecular complexity index is 669. The standard InChI is InChI=1S/C18H24ClN3OS/c1-20(2)15-7-5-14(6-8-15)11-22(4)18(23)13-21(3)12-16-9-10-17(19)24-16/h5-10H,11-13H2,1-4H3. The summed E-state index contributed by atoms with van der Waals surface area (Å²) in [6, 6.07) is 12.2. The van der Waals surface area contributed by atoms with E-state index < -0.39 is 0 Å². The molecule has 0 atom stereocenters. The summed E-state index contributed by atoms with van der Waals surface area (Å²) in [7, 11) is 7.83. The van der Waals surface area contributed by atoms with Gasteiger partial charge in [0, 0.05) is 44.8 Å². The van der Waals surface area contributed by atoms with Crippen LogP contribution in [0.5, 0.6) is 0 Å². The lowest BCUT2D eigenvalue weighted by molar-refractivity contribution is -0.131. The molecule has 0 bridgehead atoms. The number of amides is 1. The normalized spacial score (nSPS) is 10.9. The first-order valence-corrected chi connectivity index (χ1v) is 8.97. The number of halogens is 1. The highest BCUT2D eigenvalue weighted by molar-refractivity contribution is 7.16. The maximum Gasteiger partial charge on any atom is 0.236 e. The molecule has 0 spiro atoms. The fraction of sp³-hybridized carbons (Fsp3) is 0.389. The van der Waals surface area contributed by atoms with Crippen molar-refractivity contribution < 1.29 is 4.79 Å². The van der Waals surface area contributed by atoms with Gasteiger partial charge in [-0.25, -0.2) is 0 Å². The van der Waals surface area contributed by atoms with E-state index in [1.54, 1.807) is 16.2 Å². The predicted octanol–water partition coefficient (Wildman–Crippen LogP) is 3.56. The van der Waals surface area contributed by atoms with Crippen molar-refractivity contribution in [3.63, 3.8) is 0 Å². The Morgan fingerprint density at radius 2 is 1.67 bits per heavy atom. The van der Waals surface area contributed by atoms with Gasteiger partial charge in [-0.1, -0.05) is 23.7 Å². The minimum absolute atomic E-state index is 0.108. The SMILES string of the molecule is CN(CC(=O)N(C)Cc1ccc(N(C)C)cc1)Cc1ccc(Cl)s1. The maximum atomic E-state index is 12.4. The van der Waals surface area contributed by atoms with E-state index in [2.05, 4.69) is 29.2 Å². The van der Waals surface area contributed by atoms with Crippen LogP contribution in [0, 0.1) is 0 Å². The molecule has 1 aromatic heterocycles. The first kappa shape index (κ1) is 18.8. The van der Waals surface area contributed by atoms with Crippen molar-refractivity contribution in [1.29, 1.82) is 0 Å². The molecule has 0 unspecified atom stereocenters. The van der Waals surface area contributed by atoms with Crippen molar-refractivity contribution in [2.75, 3.05) is 39.6 Å². The van der Waals surface area contributed by atoms with E-state index in [4.69, 9.17) is 11.6 Å². The molecule has 2 aromatic rings. The number of carbonyl (C=O) groups excluding carboxylic acids is 1. The van der Waals surface area contributed by atoms with Gasteiger partial charge in [-0.15, -0.1) is 11.3 Å². The predicted molar refractivity (Wildman–Crippen MR) is 103 cm³/mol. The summed E-state index contributed by atoms with van der Waals surface area (Å²) in [5, 5.41) is 0. The number of rotatable bonds is 7. The minimum Gasteiger partial charge on any atom is -0.378 e. The van der Waals surface area contributed by atoms with Gasteiger partial charge in [-0.2, -0.15) is 0 Å². The Balaban J connectivity index is 1.84. The zero-order chi connectivity index (χ0) is 17.7. The third-order valence-electron chi connectivity index (χ3n) is 3.76. The van der Waals surface area contributed by atoms with Gasteiger partial charge in [0.05, 0.1) is 10.9 Å². The second-order valence-corrected chi connectivity index (χ2v) is 7.99. The number of hydrogen-bond donors (Lipinski definition) is 0. The van der Waals surface area contributed by atoms with E-state index in [0.29, 0.717) is 13.1 Å². The van der Waals surface area contributed by atoms with Gasteiger partial charge < -0.3 is 9.80 Å². The van der Waals surface area contributed by atoms with Crippen molar-refractivity contribution in [1.82, 2.24) is 9.80 Å². The Morgan fingerprint density at radius 1 is 1.00 bits per heavy atom. The number of anilines is 1. The van der Waals surface area contributed by atoms with Crippen LogP contribution in [0.25, 0.3) is 0 Å². The molecule has 0 saturated carbocycles. The molecule has 4 nitrogen and oxygen atoms in total. The molecular formula is C18H24ClN3OS.